The Kier molecular flexibility index (Phi) is 7.24. The van der Waals surface area contributed by atoms with Crippen molar-refractivity contribution < 1.29 is 8.42 Å². The zero-order valence-corrected chi connectivity index (χ0v) is 11.6. The SMILES string of the molecule is CCCCC(CC)(CC)C[CH]CS(N)(=O)=O. The number of rotatable bonds is 9. The maximum atomic E-state index is 10.9. The zero-order valence-electron chi connectivity index (χ0n) is 10.8. The fraction of sp³-hybridized carbons (Fsp3) is 0.917. The summed E-state index contributed by atoms with van der Waals surface area (Å²) in [6.45, 7) is 6.55. The molecule has 1 radical (unpaired) electrons. The minimum atomic E-state index is -3.34. The van der Waals surface area contributed by atoms with Gasteiger partial charge in [-0.2, -0.15) is 0 Å². The van der Waals surface area contributed by atoms with E-state index >= 15 is 0 Å². The second kappa shape index (κ2) is 7.28. The summed E-state index contributed by atoms with van der Waals surface area (Å²) in [5, 5.41) is 4.99. The van der Waals surface area contributed by atoms with Gasteiger partial charge in [-0.15, -0.1) is 0 Å². The molecule has 0 amide bonds. The van der Waals surface area contributed by atoms with Crippen LogP contribution < -0.4 is 5.14 Å². The Morgan fingerprint density at radius 1 is 1.19 bits per heavy atom. The Balaban J connectivity index is 4.21. The van der Waals surface area contributed by atoms with Gasteiger partial charge in [-0.1, -0.05) is 46.5 Å². The van der Waals surface area contributed by atoms with Crippen molar-refractivity contribution in [3.63, 3.8) is 0 Å². The van der Waals surface area contributed by atoms with Crippen LogP contribution in [0.25, 0.3) is 0 Å². The highest BCUT2D eigenvalue weighted by molar-refractivity contribution is 7.89. The molecule has 0 heterocycles. The van der Waals surface area contributed by atoms with Gasteiger partial charge in [0.05, 0.1) is 5.75 Å². The van der Waals surface area contributed by atoms with Gasteiger partial charge in [0, 0.05) is 0 Å². The first-order valence-electron chi connectivity index (χ1n) is 6.21. The van der Waals surface area contributed by atoms with Gasteiger partial charge in [0.15, 0.2) is 0 Å². The number of hydrogen-bond donors (Lipinski definition) is 1. The predicted molar refractivity (Wildman–Crippen MR) is 69.4 cm³/mol. The summed E-state index contributed by atoms with van der Waals surface area (Å²) < 4.78 is 21.7. The van der Waals surface area contributed by atoms with Crippen molar-refractivity contribution in [2.45, 2.75) is 59.3 Å². The van der Waals surface area contributed by atoms with Crippen molar-refractivity contribution in [2.75, 3.05) is 5.75 Å². The molecule has 0 atom stereocenters. The van der Waals surface area contributed by atoms with E-state index in [1.165, 1.54) is 19.3 Å². The van der Waals surface area contributed by atoms with Gasteiger partial charge in [-0.05, 0) is 24.7 Å². The van der Waals surface area contributed by atoms with Crippen molar-refractivity contribution in [2.24, 2.45) is 10.6 Å². The average Bonchev–Trinajstić information content (AvgIpc) is 2.22. The second-order valence-electron chi connectivity index (χ2n) is 4.63. The molecule has 2 N–H and O–H groups in total. The molecule has 4 heteroatoms. The summed E-state index contributed by atoms with van der Waals surface area (Å²) in [7, 11) is -3.34. The highest BCUT2D eigenvalue weighted by Crippen LogP contribution is 2.37. The number of nitrogens with two attached hydrogens (primary N) is 1. The lowest BCUT2D eigenvalue weighted by Crippen LogP contribution is -2.23. The Morgan fingerprint density at radius 3 is 2.12 bits per heavy atom. The smallest absolute Gasteiger partial charge is 0.209 e. The normalized spacial score (nSPS) is 13.0. The van der Waals surface area contributed by atoms with Crippen LogP contribution in [0, 0.1) is 11.8 Å². The lowest BCUT2D eigenvalue weighted by Gasteiger charge is -2.31. The lowest BCUT2D eigenvalue weighted by atomic mass is 9.74. The molecule has 0 bridgehead atoms. The fourth-order valence-corrected chi connectivity index (χ4v) is 2.52. The topological polar surface area (TPSA) is 60.2 Å². The quantitative estimate of drug-likeness (QED) is 0.682. The van der Waals surface area contributed by atoms with E-state index in [0.717, 1.165) is 19.3 Å². The summed E-state index contributed by atoms with van der Waals surface area (Å²) >= 11 is 0. The molecular weight excluding hydrogens is 222 g/mol. The largest absolute Gasteiger partial charge is 0.229 e. The summed E-state index contributed by atoms with van der Waals surface area (Å²) in [5.74, 6) is 0.000868. The van der Waals surface area contributed by atoms with Gasteiger partial charge < -0.3 is 0 Å². The third-order valence-electron chi connectivity index (χ3n) is 3.49. The molecule has 0 rings (SSSR count). The Hall–Kier alpha value is -0.0900. The Labute approximate surface area is 101 Å². The van der Waals surface area contributed by atoms with Crippen molar-refractivity contribution in [1.29, 1.82) is 0 Å². The maximum Gasteiger partial charge on any atom is 0.209 e. The maximum absolute atomic E-state index is 10.9. The van der Waals surface area contributed by atoms with Crippen molar-refractivity contribution in [3.8, 4) is 0 Å². The molecule has 0 aliphatic heterocycles. The van der Waals surface area contributed by atoms with Gasteiger partial charge in [0.2, 0.25) is 10.0 Å². The van der Waals surface area contributed by atoms with Gasteiger partial charge in [0.1, 0.15) is 0 Å². The number of sulfonamides is 1. The van der Waals surface area contributed by atoms with E-state index in [2.05, 4.69) is 20.8 Å². The molecule has 0 aromatic heterocycles. The zero-order chi connectivity index (χ0) is 12.7. The molecule has 0 aliphatic rings. The van der Waals surface area contributed by atoms with E-state index in [-0.39, 0.29) is 11.2 Å². The van der Waals surface area contributed by atoms with Gasteiger partial charge >= 0.3 is 0 Å². The standard InChI is InChI=1S/C12H26NO2S/c1-4-7-9-12(5-2,6-3)10-8-11-16(13,14)15/h8H,4-7,9-11H2,1-3H3,(H2,13,14,15). The van der Waals surface area contributed by atoms with Crippen molar-refractivity contribution in [3.05, 3.63) is 6.42 Å². The molecule has 97 valence electrons. The summed E-state index contributed by atoms with van der Waals surface area (Å²) in [5.41, 5.74) is 0.278. The van der Waals surface area contributed by atoms with E-state index in [1.54, 1.807) is 0 Å². The Morgan fingerprint density at radius 2 is 1.75 bits per heavy atom. The third kappa shape index (κ3) is 6.48. The number of primary sulfonamides is 1. The first-order chi connectivity index (χ1) is 7.39. The minimum absolute atomic E-state index is 0.000868. The summed E-state index contributed by atoms with van der Waals surface area (Å²) in [6, 6.07) is 0. The van der Waals surface area contributed by atoms with Crippen LogP contribution in [0.4, 0.5) is 0 Å². The molecule has 0 aromatic rings. The van der Waals surface area contributed by atoms with Gasteiger partial charge in [-0.25, -0.2) is 13.6 Å². The second-order valence-corrected chi connectivity index (χ2v) is 6.29. The monoisotopic (exact) mass is 248 g/mol. The van der Waals surface area contributed by atoms with Crippen LogP contribution in [0.3, 0.4) is 0 Å². The first kappa shape index (κ1) is 15.9. The average molecular weight is 248 g/mol. The number of unbranched alkanes of at least 4 members (excludes halogenated alkanes) is 1. The van der Waals surface area contributed by atoms with Gasteiger partial charge in [0.25, 0.3) is 0 Å². The molecule has 0 aromatic carbocycles. The van der Waals surface area contributed by atoms with E-state index in [1.807, 2.05) is 6.42 Å². The van der Waals surface area contributed by atoms with Crippen LogP contribution >= 0.6 is 0 Å². The highest BCUT2D eigenvalue weighted by Gasteiger charge is 2.25. The van der Waals surface area contributed by atoms with E-state index in [9.17, 15) is 8.42 Å². The fourth-order valence-electron chi connectivity index (χ4n) is 2.08. The van der Waals surface area contributed by atoms with E-state index in [0.29, 0.717) is 0 Å². The molecule has 3 nitrogen and oxygen atoms in total. The minimum Gasteiger partial charge on any atom is -0.229 e. The molecule has 0 aliphatic carbocycles. The molecule has 0 spiro atoms. The molecule has 0 saturated heterocycles. The van der Waals surface area contributed by atoms with Crippen LogP contribution in [-0.2, 0) is 10.0 Å². The molecular formula is C12H26NO2S. The van der Waals surface area contributed by atoms with Crippen LogP contribution in [0.5, 0.6) is 0 Å². The highest BCUT2D eigenvalue weighted by atomic mass is 32.2. The molecule has 0 fully saturated rings. The molecule has 0 unspecified atom stereocenters. The van der Waals surface area contributed by atoms with Crippen LogP contribution in [-0.4, -0.2) is 14.2 Å². The van der Waals surface area contributed by atoms with Crippen molar-refractivity contribution in [1.82, 2.24) is 0 Å². The molecule has 0 saturated carbocycles. The molecule has 16 heavy (non-hydrogen) atoms. The lowest BCUT2D eigenvalue weighted by molar-refractivity contribution is 0.228. The van der Waals surface area contributed by atoms with Crippen LogP contribution in [0.1, 0.15) is 59.3 Å². The number of hydrogen-bond acceptors (Lipinski definition) is 2. The van der Waals surface area contributed by atoms with Crippen LogP contribution in [0.2, 0.25) is 0 Å². The van der Waals surface area contributed by atoms with Crippen LogP contribution in [0.15, 0.2) is 0 Å². The van der Waals surface area contributed by atoms with E-state index in [4.69, 9.17) is 5.14 Å². The summed E-state index contributed by atoms with van der Waals surface area (Å²) in [4.78, 5) is 0. The first-order valence-corrected chi connectivity index (χ1v) is 7.93. The van der Waals surface area contributed by atoms with Crippen molar-refractivity contribution >= 4 is 10.0 Å². The Bertz CT molecular complexity index is 269. The van der Waals surface area contributed by atoms with E-state index < -0.39 is 10.0 Å². The van der Waals surface area contributed by atoms with Gasteiger partial charge in [-0.3, -0.25) is 0 Å². The predicted octanol–water partition coefficient (Wildman–Crippen LogP) is 2.87. The third-order valence-corrected chi connectivity index (χ3v) is 4.19. The summed E-state index contributed by atoms with van der Waals surface area (Å²) in [6.07, 6.45) is 8.48.